The fraction of sp³-hybridized carbons (Fsp3) is 0.769. The minimum atomic E-state index is 0.0570. The lowest BCUT2D eigenvalue weighted by molar-refractivity contribution is 0.0157. The van der Waals surface area contributed by atoms with Gasteiger partial charge in [0.05, 0.1) is 25.9 Å². The van der Waals surface area contributed by atoms with E-state index < -0.39 is 0 Å². The fourth-order valence-electron chi connectivity index (χ4n) is 2.16. The number of piperidine rings is 1. The average molecular weight is 317 g/mol. The van der Waals surface area contributed by atoms with Crippen molar-refractivity contribution in [2.75, 3.05) is 37.8 Å². The topological polar surface area (TPSA) is 80.6 Å². The van der Waals surface area contributed by atoms with Gasteiger partial charge in [0, 0.05) is 13.1 Å². The normalized spacial score (nSPS) is 16.2. The van der Waals surface area contributed by atoms with Crippen molar-refractivity contribution >= 4 is 17.5 Å². The summed E-state index contributed by atoms with van der Waals surface area (Å²) in [5.41, 5.74) is 0. The molecular weight excluding hydrogens is 296 g/mol. The Bertz CT molecular complexity index is 441. The van der Waals surface area contributed by atoms with Crippen LogP contribution in [0.15, 0.2) is 0 Å². The van der Waals surface area contributed by atoms with Crippen LogP contribution < -0.4 is 9.64 Å². The number of hydrogen-bond donors (Lipinski definition) is 1. The van der Waals surface area contributed by atoms with Crippen LogP contribution in [-0.4, -0.2) is 59.1 Å². The smallest absolute Gasteiger partial charge is 0.322 e. The van der Waals surface area contributed by atoms with Crippen LogP contribution >= 0.6 is 11.6 Å². The molecule has 0 spiro atoms. The van der Waals surface area contributed by atoms with E-state index in [1.165, 1.54) is 0 Å². The molecule has 1 aliphatic rings. The summed E-state index contributed by atoms with van der Waals surface area (Å²) >= 11 is 5.92. The van der Waals surface area contributed by atoms with Crippen LogP contribution in [0.4, 0.5) is 5.95 Å². The van der Waals surface area contributed by atoms with Gasteiger partial charge in [0.25, 0.3) is 0 Å². The van der Waals surface area contributed by atoms with E-state index in [1.54, 1.807) is 0 Å². The second kappa shape index (κ2) is 8.31. The number of hydrogen-bond acceptors (Lipinski definition) is 7. The lowest BCUT2D eigenvalue weighted by Crippen LogP contribution is -2.38. The van der Waals surface area contributed by atoms with E-state index in [0.29, 0.717) is 19.2 Å². The highest BCUT2D eigenvalue weighted by Gasteiger charge is 2.22. The van der Waals surface area contributed by atoms with E-state index in [0.717, 1.165) is 32.4 Å². The monoisotopic (exact) mass is 316 g/mol. The van der Waals surface area contributed by atoms with Gasteiger partial charge >= 0.3 is 6.01 Å². The van der Waals surface area contributed by atoms with Gasteiger partial charge in [0.1, 0.15) is 0 Å². The Labute approximate surface area is 129 Å². The first-order valence-electron chi connectivity index (χ1n) is 7.24. The maximum absolute atomic E-state index is 8.77. The number of ether oxygens (including phenoxy) is 2. The predicted molar refractivity (Wildman–Crippen MR) is 78.9 cm³/mol. The Morgan fingerprint density at radius 1 is 1.24 bits per heavy atom. The molecule has 0 radical (unpaired) electrons. The largest absolute Gasteiger partial charge is 0.463 e. The van der Waals surface area contributed by atoms with E-state index in [1.807, 2.05) is 11.8 Å². The van der Waals surface area contributed by atoms with Crippen molar-refractivity contribution in [3.8, 4) is 6.01 Å². The van der Waals surface area contributed by atoms with Gasteiger partial charge in [-0.2, -0.15) is 15.0 Å². The molecule has 1 aliphatic heterocycles. The Morgan fingerprint density at radius 2 is 2.00 bits per heavy atom. The van der Waals surface area contributed by atoms with Crippen LogP contribution in [0, 0.1) is 0 Å². The third kappa shape index (κ3) is 4.94. The molecular formula is C13H21ClN4O3. The molecule has 2 rings (SSSR count). The summed E-state index contributed by atoms with van der Waals surface area (Å²) < 4.78 is 11.0. The number of aliphatic hydroxyl groups is 1. The highest BCUT2D eigenvalue weighted by Crippen LogP contribution is 2.21. The van der Waals surface area contributed by atoms with Crippen molar-refractivity contribution in [2.24, 2.45) is 0 Å². The van der Waals surface area contributed by atoms with Gasteiger partial charge in [-0.25, -0.2) is 0 Å². The number of halogens is 1. The van der Waals surface area contributed by atoms with Crippen molar-refractivity contribution < 1.29 is 14.6 Å². The van der Waals surface area contributed by atoms with E-state index in [4.69, 9.17) is 26.2 Å². The molecule has 8 heteroatoms. The highest BCUT2D eigenvalue weighted by atomic mass is 35.5. The van der Waals surface area contributed by atoms with Gasteiger partial charge in [-0.15, -0.1) is 0 Å². The molecule has 2 heterocycles. The van der Waals surface area contributed by atoms with Crippen molar-refractivity contribution in [3.63, 3.8) is 0 Å². The first kappa shape index (κ1) is 16.2. The summed E-state index contributed by atoms with van der Waals surface area (Å²) in [6.07, 6.45) is 2.80. The van der Waals surface area contributed by atoms with Crippen molar-refractivity contribution in [1.29, 1.82) is 0 Å². The molecule has 1 aromatic heterocycles. The van der Waals surface area contributed by atoms with E-state index >= 15 is 0 Å². The lowest BCUT2D eigenvalue weighted by Gasteiger charge is -2.31. The number of rotatable bonds is 7. The highest BCUT2D eigenvalue weighted by molar-refractivity contribution is 6.28. The lowest BCUT2D eigenvalue weighted by atomic mass is 10.1. The maximum Gasteiger partial charge on any atom is 0.322 e. The number of aromatic nitrogens is 3. The molecule has 0 amide bonds. The van der Waals surface area contributed by atoms with Crippen molar-refractivity contribution in [1.82, 2.24) is 15.0 Å². The van der Waals surface area contributed by atoms with Crippen LogP contribution in [0.25, 0.3) is 0 Å². The fourth-order valence-corrected chi connectivity index (χ4v) is 2.31. The number of anilines is 1. The van der Waals surface area contributed by atoms with E-state index in [-0.39, 0.29) is 24.0 Å². The summed E-state index contributed by atoms with van der Waals surface area (Å²) in [6.45, 7) is 4.57. The second-order valence-electron chi connectivity index (χ2n) is 4.82. The molecule has 0 unspecified atom stereocenters. The number of nitrogens with zero attached hydrogens (tertiary/aromatic N) is 4. The van der Waals surface area contributed by atoms with Crippen molar-refractivity contribution in [2.45, 2.75) is 32.3 Å². The zero-order valence-electron chi connectivity index (χ0n) is 12.2. The maximum atomic E-state index is 8.77. The van der Waals surface area contributed by atoms with E-state index in [9.17, 15) is 0 Å². The molecule has 7 nitrogen and oxygen atoms in total. The molecule has 1 N–H and O–H groups in total. The summed E-state index contributed by atoms with van der Waals surface area (Å²) in [4.78, 5) is 14.5. The van der Waals surface area contributed by atoms with Gasteiger partial charge in [-0.3, -0.25) is 0 Å². The summed E-state index contributed by atoms with van der Waals surface area (Å²) in [5.74, 6) is 0.543. The SMILES string of the molecule is CCCOc1nc(Cl)nc(N2CCC(OCCO)CC2)n1. The molecule has 118 valence electrons. The molecule has 0 atom stereocenters. The Balaban J connectivity index is 1.94. The zero-order chi connectivity index (χ0) is 15.1. The molecule has 1 fully saturated rings. The molecule has 0 aromatic carbocycles. The van der Waals surface area contributed by atoms with Crippen LogP contribution in [-0.2, 0) is 4.74 Å². The Hall–Kier alpha value is -1.18. The zero-order valence-corrected chi connectivity index (χ0v) is 12.9. The molecule has 21 heavy (non-hydrogen) atoms. The van der Waals surface area contributed by atoms with E-state index in [2.05, 4.69) is 15.0 Å². The molecule has 0 aliphatic carbocycles. The Kier molecular flexibility index (Phi) is 6.41. The van der Waals surface area contributed by atoms with Crippen LogP contribution in [0.2, 0.25) is 5.28 Å². The molecule has 1 aromatic rings. The third-order valence-corrected chi connectivity index (χ3v) is 3.35. The summed E-state index contributed by atoms with van der Waals surface area (Å²) in [6, 6.07) is 0.269. The van der Waals surface area contributed by atoms with Gasteiger partial charge in [-0.05, 0) is 30.9 Å². The minimum absolute atomic E-state index is 0.0570. The van der Waals surface area contributed by atoms with Crippen LogP contribution in [0.3, 0.4) is 0 Å². The van der Waals surface area contributed by atoms with Gasteiger partial charge in [0.2, 0.25) is 11.2 Å². The van der Waals surface area contributed by atoms with Crippen LogP contribution in [0.1, 0.15) is 26.2 Å². The first-order chi connectivity index (χ1) is 10.2. The van der Waals surface area contributed by atoms with Crippen LogP contribution in [0.5, 0.6) is 6.01 Å². The van der Waals surface area contributed by atoms with Gasteiger partial charge < -0.3 is 19.5 Å². The summed E-state index contributed by atoms with van der Waals surface area (Å²) in [5, 5.41) is 8.91. The predicted octanol–water partition coefficient (Wildman–Crippen LogP) is 1.29. The first-order valence-corrected chi connectivity index (χ1v) is 7.62. The van der Waals surface area contributed by atoms with Gasteiger partial charge in [0.15, 0.2) is 0 Å². The second-order valence-corrected chi connectivity index (χ2v) is 5.15. The van der Waals surface area contributed by atoms with Gasteiger partial charge in [-0.1, -0.05) is 6.92 Å². The number of aliphatic hydroxyl groups excluding tert-OH is 1. The van der Waals surface area contributed by atoms with Crippen molar-refractivity contribution in [3.05, 3.63) is 5.28 Å². The molecule has 1 saturated heterocycles. The standard InChI is InChI=1S/C13H21ClN4O3/c1-2-8-21-13-16-11(14)15-12(17-13)18-5-3-10(4-6-18)20-9-7-19/h10,19H,2-9H2,1H3. The Morgan fingerprint density at radius 3 is 2.67 bits per heavy atom. The average Bonchev–Trinajstić information content (AvgIpc) is 2.51. The summed E-state index contributed by atoms with van der Waals surface area (Å²) in [7, 11) is 0. The minimum Gasteiger partial charge on any atom is -0.463 e. The quantitative estimate of drug-likeness (QED) is 0.811. The third-order valence-electron chi connectivity index (χ3n) is 3.18. The molecule has 0 saturated carbocycles. The molecule has 0 bridgehead atoms.